The lowest BCUT2D eigenvalue weighted by Crippen LogP contribution is -2.15. The van der Waals surface area contributed by atoms with Gasteiger partial charge in [0.25, 0.3) is 0 Å². The van der Waals surface area contributed by atoms with E-state index in [-0.39, 0.29) is 11.5 Å². The van der Waals surface area contributed by atoms with E-state index in [1.807, 2.05) is 13.8 Å². The molecule has 4 heteroatoms. The summed E-state index contributed by atoms with van der Waals surface area (Å²) < 4.78 is 0. The van der Waals surface area contributed by atoms with Crippen molar-refractivity contribution in [2.75, 3.05) is 0 Å². The Hall–Kier alpha value is -1.32. The summed E-state index contributed by atoms with van der Waals surface area (Å²) >= 11 is 0. The van der Waals surface area contributed by atoms with Crippen LogP contribution in [0, 0.1) is 5.92 Å². The van der Waals surface area contributed by atoms with Crippen molar-refractivity contribution in [2.45, 2.75) is 52.4 Å². The number of aliphatic carboxylic acids is 2. The zero-order chi connectivity index (χ0) is 13.3. The van der Waals surface area contributed by atoms with Gasteiger partial charge in [-0.25, -0.2) is 9.59 Å². The smallest absolute Gasteiger partial charge is 0.332 e. The molecule has 0 aromatic rings. The van der Waals surface area contributed by atoms with Crippen LogP contribution in [0.4, 0.5) is 0 Å². The zero-order valence-corrected chi connectivity index (χ0v) is 10.6. The normalized spacial score (nSPS) is 11.8. The third-order valence-electron chi connectivity index (χ3n) is 2.78. The fourth-order valence-corrected chi connectivity index (χ4v) is 1.84. The molecule has 0 fully saturated rings. The molecule has 0 atom stereocenters. The van der Waals surface area contributed by atoms with Gasteiger partial charge in [0.05, 0.1) is 0 Å². The van der Waals surface area contributed by atoms with Gasteiger partial charge in [0.1, 0.15) is 0 Å². The van der Waals surface area contributed by atoms with Crippen molar-refractivity contribution in [3.8, 4) is 0 Å². The molecule has 0 saturated heterocycles. The highest BCUT2D eigenvalue weighted by molar-refractivity contribution is 5.95. The highest BCUT2D eigenvalue weighted by Crippen LogP contribution is 2.24. The Bertz CT molecular complexity index is 273. The molecule has 2 N–H and O–H groups in total. The van der Waals surface area contributed by atoms with Crippen molar-refractivity contribution in [3.05, 3.63) is 11.6 Å². The van der Waals surface area contributed by atoms with Gasteiger partial charge in [-0.2, -0.15) is 0 Å². The first kappa shape index (κ1) is 15.7. The van der Waals surface area contributed by atoms with Crippen LogP contribution >= 0.6 is 0 Å². The summed E-state index contributed by atoms with van der Waals surface area (Å²) in [6.07, 6.45) is 6.19. The Kier molecular flexibility index (Phi) is 8.11. The topological polar surface area (TPSA) is 74.6 Å². The maximum atomic E-state index is 11.1. The Balaban J connectivity index is 4.79. The van der Waals surface area contributed by atoms with Crippen LogP contribution in [0.5, 0.6) is 0 Å². The van der Waals surface area contributed by atoms with Crippen molar-refractivity contribution in [2.24, 2.45) is 5.92 Å². The highest BCUT2D eigenvalue weighted by atomic mass is 16.4. The van der Waals surface area contributed by atoms with Crippen molar-refractivity contribution >= 4 is 11.9 Å². The van der Waals surface area contributed by atoms with Crippen molar-refractivity contribution in [1.82, 2.24) is 0 Å². The van der Waals surface area contributed by atoms with Crippen LogP contribution in [0.25, 0.3) is 0 Å². The van der Waals surface area contributed by atoms with E-state index in [4.69, 9.17) is 10.2 Å². The third kappa shape index (κ3) is 6.76. The minimum Gasteiger partial charge on any atom is -0.478 e. The average Bonchev–Trinajstić information content (AvgIpc) is 2.26. The van der Waals surface area contributed by atoms with E-state index < -0.39 is 11.9 Å². The van der Waals surface area contributed by atoms with Gasteiger partial charge in [0, 0.05) is 11.6 Å². The summed E-state index contributed by atoms with van der Waals surface area (Å²) in [6.45, 7) is 4.08. The van der Waals surface area contributed by atoms with Crippen LogP contribution in [-0.4, -0.2) is 22.2 Å². The highest BCUT2D eigenvalue weighted by Gasteiger charge is 2.20. The minimum absolute atomic E-state index is 0.0411. The fraction of sp³-hybridized carbons (Fsp3) is 0.692. The summed E-state index contributed by atoms with van der Waals surface area (Å²) in [5.74, 6) is -2.42. The van der Waals surface area contributed by atoms with Crippen LogP contribution in [-0.2, 0) is 9.59 Å². The molecule has 0 rings (SSSR count). The van der Waals surface area contributed by atoms with Crippen molar-refractivity contribution in [1.29, 1.82) is 0 Å². The predicted molar refractivity (Wildman–Crippen MR) is 65.9 cm³/mol. The molecule has 0 aliphatic heterocycles. The van der Waals surface area contributed by atoms with Gasteiger partial charge >= 0.3 is 11.9 Å². The second-order valence-electron chi connectivity index (χ2n) is 4.22. The molecule has 0 unspecified atom stereocenters. The largest absolute Gasteiger partial charge is 0.478 e. The molecule has 0 bridgehead atoms. The number of unbranched alkanes of at least 4 members (excludes halogenated alkanes) is 2. The van der Waals surface area contributed by atoms with Crippen LogP contribution < -0.4 is 0 Å². The standard InChI is InChI=1S/C13H22O4/c1-3-5-7-10(8-6-4-2)11(13(16)17)9-12(14)15/h9-10H,3-8H2,1-2H3,(H,14,15)(H,16,17). The number of carboxylic acids is 2. The summed E-state index contributed by atoms with van der Waals surface area (Å²) in [6, 6.07) is 0. The molecule has 0 saturated carbocycles. The van der Waals surface area contributed by atoms with Gasteiger partial charge in [0.15, 0.2) is 0 Å². The lowest BCUT2D eigenvalue weighted by molar-refractivity contribution is -0.135. The Morgan fingerprint density at radius 3 is 1.82 bits per heavy atom. The van der Waals surface area contributed by atoms with Gasteiger partial charge in [-0.1, -0.05) is 39.5 Å². The van der Waals surface area contributed by atoms with E-state index >= 15 is 0 Å². The Labute approximate surface area is 102 Å². The molecule has 4 nitrogen and oxygen atoms in total. The number of rotatable bonds is 9. The first-order valence-electron chi connectivity index (χ1n) is 6.20. The molecular formula is C13H22O4. The molecular weight excluding hydrogens is 220 g/mol. The van der Waals surface area contributed by atoms with E-state index in [2.05, 4.69) is 0 Å². The first-order valence-corrected chi connectivity index (χ1v) is 6.20. The number of carboxylic acid groups (broad SMARTS) is 2. The maximum absolute atomic E-state index is 11.1. The monoisotopic (exact) mass is 242 g/mol. The molecule has 98 valence electrons. The fourth-order valence-electron chi connectivity index (χ4n) is 1.84. The van der Waals surface area contributed by atoms with Crippen molar-refractivity contribution < 1.29 is 19.8 Å². The minimum atomic E-state index is -1.18. The van der Waals surface area contributed by atoms with E-state index in [9.17, 15) is 9.59 Å². The van der Waals surface area contributed by atoms with Gasteiger partial charge in [-0.05, 0) is 18.8 Å². The second kappa shape index (κ2) is 8.79. The predicted octanol–water partition coefficient (Wildman–Crippen LogP) is 3.08. The number of hydrogen-bond acceptors (Lipinski definition) is 2. The quantitative estimate of drug-likeness (QED) is 0.609. The van der Waals surface area contributed by atoms with Crippen LogP contribution in [0.3, 0.4) is 0 Å². The molecule has 0 radical (unpaired) electrons. The van der Waals surface area contributed by atoms with Gasteiger partial charge in [-0.3, -0.25) is 0 Å². The molecule has 17 heavy (non-hydrogen) atoms. The Morgan fingerprint density at radius 2 is 1.53 bits per heavy atom. The third-order valence-corrected chi connectivity index (χ3v) is 2.78. The number of carbonyl (C=O) groups is 2. The van der Waals surface area contributed by atoms with Crippen LogP contribution in [0.15, 0.2) is 11.6 Å². The van der Waals surface area contributed by atoms with Crippen molar-refractivity contribution in [3.63, 3.8) is 0 Å². The van der Waals surface area contributed by atoms with Gasteiger partial charge in [0.2, 0.25) is 0 Å². The zero-order valence-electron chi connectivity index (χ0n) is 10.6. The molecule has 0 heterocycles. The van der Waals surface area contributed by atoms with Crippen LogP contribution in [0.1, 0.15) is 52.4 Å². The summed E-state index contributed by atoms with van der Waals surface area (Å²) in [7, 11) is 0. The summed E-state index contributed by atoms with van der Waals surface area (Å²) in [5.41, 5.74) is 0.0411. The molecule has 0 aliphatic carbocycles. The summed E-state index contributed by atoms with van der Waals surface area (Å²) in [4.78, 5) is 21.7. The van der Waals surface area contributed by atoms with Crippen LogP contribution in [0.2, 0.25) is 0 Å². The molecule has 0 aromatic heterocycles. The molecule has 0 spiro atoms. The molecule has 0 amide bonds. The number of hydrogen-bond donors (Lipinski definition) is 2. The van der Waals surface area contributed by atoms with E-state index in [1.165, 1.54) is 0 Å². The first-order chi connectivity index (χ1) is 8.02. The molecule has 0 aliphatic rings. The molecule has 0 aromatic carbocycles. The van der Waals surface area contributed by atoms with Gasteiger partial charge < -0.3 is 10.2 Å². The summed E-state index contributed by atoms with van der Waals surface area (Å²) in [5, 5.41) is 17.8. The Morgan fingerprint density at radius 1 is 1.06 bits per heavy atom. The lowest BCUT2D eigenvalue weighted by atomic mass is 9.88. The maximum Gasteiger partial charge on any atom is 0.332 e. The van der Waals surface area contributed by atoms with E-state index in [0.717, 1.165) is 44.6 Å². The average molecular weight is 242 g/mol. The SMILES string of the molecule is CCCCC(CCCC)C(=CC(=O)O)C(=O)O. The second-order valence-corrected chi connectivity index (χ2v) is 4.22. The van der Waals surface area contributed by atoms with Gasteiger partial charge in [-0.15, -0.1) is 0 Å². The lowest BCUT2D eigenvalue weighted by Gasteiger charge is -2.16. The van der Waals surface area contributed by atoms with E-state index in [1.54, 1.807) is 0 Å². The van der Waals surface area contributed by atoms with E-state index in [0.29, 0.717) is 0 Å².